The van der Waals surface area contributed by atoms with E-state index in [0.29, 0.717) is 17.6 Å². The van der Waals surface area contributed by atoms with Crippen LogP contribution in [0.15, 0.2) is 0 Å². The summed E-state index contributed by atoms with van der Waals surface area (Å²) in [6.45, 7) is 5.05. The molecule has 0 saturated carbocycles. The van der Waals surface area contributed by atoms with E-state index in [2.05, 4.69) is 12.2 Å². The van der Waals surface area contributed by atoms with Crippen LogP contribution in [-0.4, -0.2) is 75.4 Å². The molecule has 0 heterocycles. The maximum atomic E-state index is 12.1. The van der Waals surface area contributed by atoms with Crippen LogP contribution < -0.4 is 5.32 Å². The molecule has 0 aliphatic rings. The molecule has 8 nitrogen and oxygen atoms in total. The minimum Gasteiger partial charge on any atom is -0.379 e. The number of unbranched alkanes of at least 4 members (excludes halogenated alkanes) is 15. The number of quaternary nitrogens is 1. The number of amides is 1. The van der Waals surface area contributed by atoms with Gasteiger partial charge in [0.05, 0.1) is 40.4 Å². The smallest absolute Gasteiger partial charge is 0.379 e. The molecule has 0 bridgehead atoms. The molecule has 2 N–H and O–H groups in total. The van der Waals surface area contributed by atoms with Crippen LogP contribution in [0.4, 0.5) is 0 Å². The van der Waals surface area contributed by atoms with Crippen molar-refractivity contribution in [3.05, 3.63) is 0 Å². The van der Waals surface area contributed by atoms with Gasteiger partial charge in [0, 0.05) is 13.5 Å². The molecule has 0 aromatic carbocycles. The van der Waals surface area contributed by atoms with Gasteiger partial charge in [-0.2, -0.15) is 0 Å². The number of nitrogens with one attached hydrogen (secondary N) is 1. The summed E-state index contributed by atoms with van der Waals surface area (Å²) in [5, 5.41) is 2.71. The molecule has 1 amide bonds. The zero-order valence-electron chi connectivity index (χ0n) is 24.8. The van der Waals surface area contributed by atoms with Crippen molar-refractivity contribution in [2.75, 3.05) is 54.1 Å². The van der Waals surface area contributed by atoms with E-state index in [1.807, 2.05) is 21.1 Å². The number of likely N-dealkylation sites (N-methyl/N-ethyl adjacent to an activating group) is 1. The highest BCUT2D eigenvalue weighted by Gasteiger charge is 2.25. The summed E-state index contributed by atoms with van der Waals surface area (Å²) < 4.78 is 28.5. The third-order valence-electron chi connectivity index (χ3n) is 6.32. The highest BCUT2D eigenvalue weighted by atomic mass is 31.2. The van der Waals surface area contributed by atoms with E-state index >= 15 is 0 Å². The lowest BCUT2D eigenvalue weighted by Gasteiger charge is -2.24. The van der Waals surface area contributed by atoms with Crippen LogP contribution in [0.1, 0.15) is 117 Å². The third kappa shape index (κ3) is 28.3. The second-order valence-electron chi connectivity index (χ2n) is 11.4. The highest BCUT2D eigenvalue weighted by molar-refractivity contribution is 7.47. The Labute approximate surface area is 228 Å². The zero-order valence-corrected chi connectivity index (χ0v) is 25.7. The first-order valence-electron chi connectivity index (χ1n) is 14.8. The standard InChI is InChI=1S/C28H59N2O6P/c1-6-7-8-9-10-11-12-13-14-15-16-17-18-19-20-21-23-34-25-28(29-27(2)31)26-36-37(32,33)35-24-22-30(3,4)5/h28H,6-26H2,1-5H3,(H-,29,31,32,33)/p+1. The number of nitrogens with zero attached hydrogens (tertiary/aromatic N) is 1. The number of phosphoric acid groups is 1. The van der Waals surface area contributed by atoms with Gasteiger partial charge in [-0.1, -0.05) is 103 Å². The average Bonchev–Trinajstić information content (AvgIpc) is 2.80. The van der Waals surface area contributed by atoms with Crippen LogP contribution in [0.5, 0.6) is 0 Å². The molecule has 0 saturated heterocycles. The molecule has 0 fully saturated rings. The molecule has 0 aliphatic carbocycles. The molecule has 0 rings (SSSR count). The van der Waals surface area contributed by atoms with Crippen molar-refractivity contribution in [1.29, 1.82) is 0 Å². The largest absolute Gasteiger partial charge is 0.472 e. The summed E-state index contributed by atoms with van der Waals surface area (Å²) in [5.74, 6) is -0.238. The van der Waals surface area contributed by atoms with Crippen LogP contribution >= 0.6 is 7.82 Å². The summed E-state index contributed by atoms with van der Waals surface area (Å²) in [6, 6.07) is -0.499. The lowest BCUT2D eigenvalue weighted by molar-refractivity contribution is -0.870. The van der Waals surface area contributed by atoms with Gasteiger partial charge in [0.2, 0.25) is 5.91 Å². The molecule has 0 aromatic heterocycles. The number of carbonyl (C=O) groups is 1. The highest BCUT2D eigenvalue weighted by Crippen LogP contribution is 2.43. The van der Waals surface area contributed by atoms with E-state index in [4.69, 9.17) is 13.8 Å². The van der Waals surface area contributed by atoms with E-state index in [0.717, 1.165) is 12.8 Å². The Morgan fingerprint density at radius 1 is 0.757 bits per heavy atom. The molecule has 0 spiro atoms. The number of hydrogen-bond acceptors (Lipinski definition) is 5. The summed E-state index contributed by atoms with van der Waals surface area (Å²) in [7, 11) is 1.73. The molecule has 222 valence electrons. The molecular weight excluding hydrogens is 491 g/mol. The van der Waals surface area contributed by atoms with E-state index in [-0.39, 0.29) is 25.7 Å². The van der Waals surface area contributed by atoms with Crippen LogP contribution in [0.25, 0.3) is 0 Å². The molecule has 37 heavy (non-hydrogen) atoms. The number of rotatable bonds is 27. The third-order valence-corrected chi connectivity index (χ3v) is 7.31. The summed E-state index contributed by atoms with van der Waals surface area (Å²) in [5.41, 5.74) is 0. The molecule has 0 aliphatic heterocycles. The Bertz CT molecular complexity index is 586. The first kappa shape index (κ1) is 36.5. The van der Waals surface area contributed by atoms with Crippen molar-refractivity contribution < 1.29 is 32.5 Å². The second kappa shape index (κ2) is 23.4. The van der Waals surface area contributed by atoms with Crippen molar-refractivity contribution in [2.45, 2.75) is 123 Å². The van der Waals surface area contributed by atoms with E-state index in [1.165, 1.54) is 96.8 Å². The van der Waals surface area contributed by atoms with Crippen molar-refractivity contribution in [2.24, 2.45) is 0 Å². The maximum Gasteiger partial charge on any atom is 0.472 e. The Hall–Kier alpha value is -0.500. The summed E-state index contributed by atoms with van der Waals surface area (Å²) >= 11 is 0. The fraction of sp³-hybridized carbons (Fsp3) is 0.964. The van der Waals surface area contributed by atoms with Gasteiger partial charge in [0.25, 0.3) is 0 Å². The Kier molecular flexibility index (Phi) is 23.1. The van der Waals surface area contributed by atoms with Crippen molar-refractivity contribution in [1.82, 2.24) is 5.32 Å². The van der Waals surface area contributed by atoms with E-state index < -0.39 is 13.9 Å². The minimum atomic E-state index is -4.17. The van der Waals surface area contributed by atoms with Gasteiger partial charge in [-0.3, -0.25) is 13.8 Å². The van der Waals surface area contributed by atoms with Gasteiger partial charge >= 0.3 is 7.82 Å². The first-order valence-corrected chi connectivity index (χ1v) is 16.3. The molecule has 9 heteroatoms. The molecular formula is C28H60N2O6P+. The summed E-state index contributed by atoms with van der Waals surface area (Å²) in [6.07, 6.45) is 21.2. The monoisotopic (exact) mass is 551 g/mol. The minimum absolute atomic E-state index is 0.109. The fourth-order valence-electron chi connectivity index (χ4n) is 4.05. The number of phosphoric ester groups is 1. The van der Waals surface area contributed by atoms with Crippen molar-refractivity contribution in [3.8, 4) is 0 Å². The Morgan fingerprint density at radius 2 is 1.22 bits per heavy atom. The molecule has 2 unspecified atom stereocenters. The quantitative estimate of drug-likeness (QED) is 0.0678. The van der Waals surface area contributed by atoms with Gasteiger partial charge in [-0.25, -0.2) is 4.57 Å². The second-order valence-corrected chi connectivity index (χ2v) is 12.8. The predicted octanol–water partition coefficient (Wildman–Crippen LogP) is 6.61. The lowest BCUT2D eigenvalue weighted by atomic mass is 10.0. The number of hydrogen-bond donors (Lipinski definition) is 2. The normalized spacial score (nSPS) is 14.4. The first-order chi connectivity index (χ1) is 17.6. The van der Waals surface area contributed by atoms with E-state index in [1.54, 1.807) is 0 Å². The topological polar surface area (TPSA) is 94.1 Å². The number of carbonyl (C=O) groups excluding carboxylic acids is 1. The Morgan fingerprint density at radius 3 is 1.65 bits per heavy atom. The van der Waals surface area contributed by atoms with Crippen LogP contribution in [0.2, 0.25) is 0 Å². The number of ether oxygens (including phenoxy) is 1. The molecule has 0 aromatic rings. The molecule has 0 radical (unpaired) electrons. The SMILES string of the molecule is CCCCCCCCCCCCCCCCCCOCC(COP(=O)(O)OCC[N+](C)(C)C)NC(C)=O. The van der Waals surface area contributed by atoms with Gasteiger partial charge < -0.3 is 19.4 Å². The fourth-order valence-corrected chi connectivity index (χ4v) is 4.80. The van der Waals surface area contributed by atoms with Gasteiger partial charge in [0.1, 0.15) is 13.2 Å². The van der Waals surface area contributed by atoms with Gasteiger partial charge in [-0.05, 0) is 6.42 Å². The van der Waals surface area contributed by atoms with Gasteiger partial charge in [-0.15, -0.1) is 0 Å². The van der Waals surface area contributed by atoms with Crippen LogP contribution in [0, 0.1) is 0 Å². The van der Waals surface area contributed by atoms with E-state index in [9.17, 15) is 14.3 Å². The van der Waals surface area contributed by atoms with Crippen LogP contribution in [-0.2, 0) is 23.1 Å². The van der Waals surface area contributed by atoms with Crippen molar-refractivity contribution >= 4 is 13.7 Å². The molecule has 2 atom stereocenters. The lowest BCUT2D eigenvalue weighted by Crippen LogP contribution is -2.40. The van der Waals surface area contributed by atoms with Gasteiger partial charge in [0.15, 0.2) is 0 Å². The summed E-state index contributed by atoms with van der Waals surface area (Å²) in [4.78, 5) is 21.3. The average molecular weight is 552 g/mol. The predicted molar refractivity (Wildman–Crippen MR) is 153 cm³/mol. The zero-order chi connectivity index (χ0) is 27.8. The van der Waals surface area contributed by atoms with Crippen molar-refractivity contribution in [3.63, 3.8) is 0 Å². The Balaban J connectivity index is 3.71. The maximum absolute atomic E-state index is 12.1. The van der Waals surface area contributed by atoms with Crippen LogP contribution in [0.3, 0.4) is 0 Å².